The molecule has 1 aromatic carbocycles. The number of ether oxygens (including phenoxy) is 2. The first kappa shape index (κ1) is 16.8. The molecule has 1 aliphatic rings. The molecule has 130 valence electrons. The van der Waals surface area contributed by atoms with Crippen molar-refractivity contribution in [3.8, 4) is 11.5 Å². The van der Waals surface area contributed by atoms with E-state index in [1.54, 1.807) is 7.11 Å². The van der Waals surface area contributed by atoms with Gasteiger partial charge < -0.3 is 14.0 Å². The molecular formula is C18H25N3O3. The molecule has 6 nitrogen and oxygen atoms in total. The number of aromatic nitrogens is 2. The average molecular weight is 331 g/mol. The van der Waals surface area contributed by atoms with Gasteiger partial charge in [0.25, 0.3) is 0 Å². The van der Waals surface area contributed by atoms with E-state index in [0.717, 1.165) is 49.1 Å². The molecule has 0 aliphatic carbocycles. The number of hydrogen-bond acceptors (Lipinski definition) is 6. The van der Waals surface area contributed by atoms with Crippen molar-refractivity contribution in [1.82, 2.24) is 15.0 Å². The van der Waals surface area contributed by atoms with Crippen LogP contribution < -0.4 is 9.47 Å². The van der Waals surface area contributed by atoms with Crippen molar-refractivity contribution in [1.29, 1.82) is 0 Å². The molecule has 2 heterocycles. The Morgan fingerprint density at radius 3 is 2.67 bits per heavy atom. The third-order valence-electron chi connectivity index (χ3n) is 4.33. The molecule has 1 aliphatic heterocycles. The second-order valence-electron chi connectivity index (χ2n) is 6.36. The van der Waals surface area contributed by atoms with Gasteiger partial charge in [-0.15, -0.1) is 0 Å². The largest absolute Gasteiger partial charge is 0.497 e. The van der Waals surface area contributed by atoms with Crippen LogP contribution in [0.4, 0.5) is 0 Å². The smallest absolute Gasteiger partial charge is 0.244 e. The monoisotopic (exact) mass is 331 g/mol. The summed E-state index contributed by atoms with van der Waals surface area (Å²) in [6, 6.07) is 7.87. The van der Waals surface area contributed by atoms with Gasteiger partial charge in [-0.1, -0.05) is 19.0 Å². The van der Waals surface area contributed by atoms with Crippen LogP contribution in [0.3, 0.4) is 0 Å². The zero-order valence-corrected chi connectivity index (χ0v) is 14.6. The van der Waals surface area contributed by atoms with Crippen molar-refractivity contribution < 1.29 is 14.0 Å². The fourth-order valence-corrected chi connectivity index (χ4v) is 2.94. The summed E-state index contributed by atoms with van der Waals surface area (Å²) in [7, 11) is 1.66. The number of benzene rings is 1. The molecule has 1 saturated heterocycles. The first-order valence-electron chi connectivity index (χ1n) is 8.52. The van der Waals surface area contributed by atoms with Gasteiger partial charge in [-0.3, -0.25) is 4.90 Å². The Morgan fingerprint density at radius 2 is 2.00 bits per heavy atom. The predicted octanol–water partition coefficient (Wildman–Crippen LogP) is 3.42. The Kier molecular flexibility index (Phi) is 5.35. The van der Waals surface area contributed by atoms with Crippen LogP contribution >= 0.6 is 0 Å². The highest BCUT2D eigenvalue weighted by molar-refractivity contribution is 5.31. The van der Waals surface area contributed by atoms with E-state index < -0.39 is 0 Å². The average Bonchev–Trinajstić information content (AvgIpc) is 3.24. The van der Waals surface area contributed by atoms with Gasteiger partial charge in [0.2, 0.25) is 5.89 Å². The van der Waals surface area contributed by atoms with Gasteiger partial charge in [-0.2, -0.15) is 4.98 Å². The minimum Gasteiger partial charge on any atom is -0.497 e. The molecule has 2 aromatic rings. The minimum atomic E-state index is 0.212. The van der Waals surface area contributed by atoms with Crippen molar-refractivity contribution in [2.45, 2.75) is 38.6 Å². The molecule has 6 heteroatoms. The molecule has 1 fully saturated rings. The van der Waals surface area contributed by atoms with Gasteiger partial charge in [-0.05, 0) is 43.7 Å². The van der Waals surface area contributed by atoms with E-state index in [2.05, 4.69) is 28.9 Å². The van der Waals surface area contributed by atoms with Gasteiger partial charge in [0.05, 0.1) is 13.2 Å². The third kappa shape index (κ3) is 3.87. The molecular weight excluding hydrogens is 306 g/mol. The highest BCUT2D eigenvalue weighted by atomic mass is 16.5. The third-order valence-corrected chi connectivity index (χ3v) is 4.33. The fourth-order valence-electron chi connectivity index (χ4n) is 2.94. The summed E-state index contributed by atoms with van der Waals surface area (Å²) in [6.07, 6.45) is 2.20. The van der Waals surface area contributed by atoms with Crippen molar-refractivity contribution in [2.75, 3.05) is 26.8 Å². The van der Waals surface area contributed by atoms with E-state index in [9.17, 15) is 0 Å². The summed E-state index contributed by atoms with van der Waals surface area (Å²) in [5.74, 6) is 3.49. The molecule has 0 amide bonds. The molecule has 0 bridgehead atoms. The van der Waals surface area contributed by atoms with Crippen molar-refractivity contribution in [3.05, 3.63) is 36.0 Å². The molecule has 0 radical (unpaired) electrons. The minimum absolute atomic E-state index is 0.212. The van der Waals surface area contributed by atoms with Crippen LogP contribution in [0, 0.1) is 0 Å². The van der Waals surface area contributed by atoms with Crippen molar-refractivity contribution in [3.63, 3.8) is 0 Å². The number of methoxy groups -OCH3 is 1. The summed E-state index contributed by atoms with van der Waals surface area (Å²) in [6.45, 7) is 6.66. The predicted molar refractivity (Wildman–Crippen MR) is 90.4 cm³/mol. The Morgan fingerprint density at radius 1 is 1.25 bits per heavy atom. The molecule has 0 N–H and O–H groups in total. The summed E-state index contributed by atoms with van der Waals surface area (Å²) in [5.41, 5.74) is 0. The van der Waals surface area contributed by atoms with Gasteiger partial charge in [0.1, 0.15) is 18.1 Å². The zero-order valence-electron chi connectivity index (χ0n) is 14.6. The molecule has 0 unspecified atom stereocenters. The topological polar surface area (TPSA) is 60.6 Å². The first-order valence-corrected chi connectivity index (χ1v) is 8.52. The molecule has 0 saturated carbocycles. The molecule has 1 atom stereocenters. The first-order chi connectivity index (χ1) is 11.7. The molecule has 1 aromatic heterocycles. The van der Waals surface area contributed by atoms with E-state index in [4.69, 9.17) is 14.0 Å². The van der Waals surface area contributed by atoms with Crippen LogP contribution in [0.5, 0.6) is 11.5 Å². The van der Waals surface area contributed by atoms with Crippen LogP contribution in [-0.2, 0) is 0 Å². The van der Waals surface area contributed by atoms with Crippen LogP contribution in [0.1, 0.15) is 50.4 Å². The molecule has 24 heavy (non-hydrogen) atoms. The van der Waals surface area contributed by atoms with Gasteiger partial charge in [0.15, 0.2) is 5.82 Å². The SMILES string of the molecule is COc1ccc(OCCN2CCC[C@H]2c2nc(C(C)C)no2)cc1. The maximum atomic E-state index is 5.83. The van der Waals surface area contributed by atoms with Gasteiger partial charge in [-0.25, -0.2) is 0 Å². The summed E-state index contributed by atoms with van der Waals surface area (Å²) in [4.78, 5) is 6.92. The second kappa shape index (κ2) is 7.66. The highest BCUT2D eigenvalue weighted by Crippen LogP contribution is 2.31. The van der Waals surface area contributed by atoms with Crippen molar-refractivity contribution >= 4 is 0 Å². The Balaban J connectivity index is 1.53. The van der Waals surface area contributed by atoms with Crippen LogP contribution in [-0.4, -0.2) is 41.8 Å². The Labute approximate surface area is 142 Å². The van der Waals surface area contributed by atoms with E-state index >= 15 is 0 Å². The van der Waals surface area contributed by atoms with E-state index in [1.807, 2.05) is 24.3 Å². The Hall–Kier alpha value is -2.08. The van der Waals surface area contributed by atoms with Crippen molar-refractivity contribution in [2.24, 2.45) is 0 Å². The quantitative estimate of drug-likeness (QED) is 0.775. The highest BCUT2D eigenvalue weighted by Gasteiger charge is 2.30. The number of rotatable bonds is 7. The second-order valence-corrected chi connectivity index (χ2v) is 6.36. The van der Waals surface area contributed by atoms with E-state index in [-0.39, 0.29) is 12.0 Å². The number of nitrogens with zero attached hydrogens (tertiary/aromatic N) is 3. The molecule has 3 rings (SSSR count). The van der Waals surface area contributed by atoms with Crippen LogP contribution in [0.2, 0.25) is 0 Å². The lowest BCUT2D eigenvalue weighted by Gasteiger charge is -2.21. The number of likely N-dealkylation sites (tertiary alicyclic amines) is 1. The summed E-state index contributed by atoms with van der Waals surface area (Å²) >= 11 is 0. The maximum Gasteiger partial charge on any atom is 0.244 e. The van der Waals surface area contributed by atoms with E-state index in [1.165, 1.54) is 0 Å². The lowest BCUT2D eigenvalue weighted by Crippen LogP contribution is -2.28. The van der Waals surface area contributed by atoms with Crippen LogP contribution in [0.15, 0.2) is 28.8 Å². The summed E-state index contributed by atoms with van der Waals surface area (Å²) in [5, 5.41) is 4.08. The Bertz CT molecular complexity index is 639. The molecule has 0 spiro atoms. The fraction of sp³-hybridized carbons (Fsp3) is 0.556. The van der Waals surface area contributed by atoms with Gasteiger partial charge >= 0.3 is 0 Å². The standard InChI is InChI=1S/C18H25N3O3/c1-13(2)17-19-18(24-20-17)16-5-4-10-21(16)11-12-23-15-8-6-14(22-3)7-9-15/h6-9,13,16H,4-5,10-12H2,1-3H3/t16-/m0/s1. The zero-order chi connectivity index (χ0) is 16.9. The van der Waals surface area contributed by atoms with Gasteiger partial charge in [0, 0.05) is 12.5 Å². The lowest BCUT2D eigenvalue weighted by molar-refractivity contribution is 0.172. The number of hydrogen-bond donors (Lipinski definition) is 0. The lowest BCUT2D eigenvalue weighted by atomic mass is 10.2. The van der Waals surface area contributed by atoms with E-state index in [0.29, 0.717) is 6.61 Å². The maximum absolute atomic E-state index is 5.83. The normalized spacial score (nSPS) is 18.2. The van der Waals surface area contributed by atoms with Crippen LogP contribution in [0.25, 0.3) is 0 Å². The summed E-state index contributed by atoms with van der Waals surface area (Å²) < 4.78 is 16.5.